The molecule has 0 saturated carbocycles. The third kappa shape index (κ3) is 12.6. The highest BCUT2D eigenvalue weighted by Crippen LogP contribution is 2.23. The number of hydrogen-bond donors (Lipinski definition) is 4. The molecule has 0 aliphatic heterocycles. The van der Waals surface area contributed by atoms with Crippen molar-refractivity contribution in [3.8, 4) is 11.5 Å². The number of hydrogen-bond acceptors (Lipinski definition) is 5. The maximum atomic E-state index is 13.5. The minimum atomic E-state index is -1.37. The van der Waals surface area contributed by atoms with Gasteiger partial charge in [0.25, 0.3) is 0 Å². The number of halogens is 4. The predicted molar refractivity (Wildman–Crippen MR) is 182 cm³/mol. The van der Waals surface area contributed by atoms with Crippen LogP contribution in [0.5, 0.6) is 11.5 Å². The van der Waals surface area contributed by atoms with Gasteiger partial charge >= 0.3 is 7.69 Å². The number of phenolic OH excluding ortho intramolecular Hbond substituents is 1. The van der Waals surface area contributed by atoms with Gasteiger partial charge in [-0.2, -0.15) is 0 Å². The van der Waals surface area contributed by atoms with Crippen LogP contribution in [0.2, 0.25) is 19.6 Å². The first-order valence-electron chi connectivity index (χ1n) is 14.4. The van der Waals surface area contributed by atoms with Gasteiger partial charge in [-0.05, 0) is 101 Å². The zero-order chi connectivity index (χ0) is 35.9. The van der Waals surface area contributed by atoms with E-state index in [4.69, 9.17) is 20.6 Å². The van der Waals surface area contributed by atoms with E-state index < -0.39 is 8.07 Å². The molecule has 46 heavy (non-hydrogen) atoms. The first-order valence-corrected chi connectivity index (χ1v) is 17.9. The van der Waals surface area contributed by atoms with Crippen molar-refractivity contribution in [3.63, 3.8) is 0 Å². The molecule has 0 heterocycles. The Bertz CT molecular complexity index is 1510. The van der Waals surface area contributed by atoms with E-state index in [2.05, 4.69) is 30.4 Å². The Kier molecular flexibility index (Phi) is 18.2. The summed E-state index contributed by atoms with van der Waals surface area (Å²) in [6.45, 7) is 20.4. The van der Waals surface area contributed by atoms with E-state index in [0.717, 1.165) is 22.3 Å². The van der Waals surface area contributed by atoms with E-state index in [0.29, 0.717) is 35.7 Å². The van der Waals surface area contributed by atoms with Crippen LogP contribution in [0.25, 0.3) is 0 Å². The summed E-state index contributed by atoms with van der Waals surface area (Å²) in [7, 11) is -0.833. The molecule has 251 valence electrons. The fourth-order valence-electron chi connectivity index (χ4n) is 4.22. The molecular formula is C35H46BF4O5Si. The molecule has 0 aromatic heterocycles. The van der Waals surface area contributed by atoms with E-state index in [1.807, 2.05) is 26.0 Å². The maximum absolute atomic E-state index is 13.5. The van der Waals surface area contributed by atoms with Crippen LogP contribution in [0.3, 0.4) is 0 Å². The molecule has 0 aliphatic carbocycles. The molecule has 0 bridgehead atoms. The van der Waals surface area contributed by atoms with E-state index in [9.17, 15) is 17.6 Å². The fraction of sp³-hybridized carbons (Fsp3) is 0.314. The molecule has 0 unspecified atom stereocenters. The van der Waals surface area contributed by atoms with Crippen molar-refractivity contribution in [1.82, 2.24) is 0 Å². The first-order chi connectivity index (χ1) is 21.3. The van der Waals surface area contributed by atoms with Gasteiger partial charge in [-0.1, -0.05) is 67.3 Å². The van der Waals surface area contributed by atoms with Gasteiger partial charge in [-0.25, -0.2) is 17.6 Å². The van der Waals surface area contributed by atoms with E-state index in [-0.39, 0.29) is 29.0 Å². The average molecular weight is 662 g/mol. The van der Waals surface area contributed by atoms with E-state index in [1.165, 1.54) is 11.3 Å². The zero-order valence-electron chi connectivity index (χ0n) is 28.5. The number of benzene rings is 4. The molecule has 11 heteroatoms. The summed E-state index contributed by atoms with van der Waals surface area (Å²) in [4.78, 5) is 0. The molecule has 5 nitrogen and oxygen atoms in total. The molecule has 4 N–H and O–H groups in total. The third-order valence-corrected chi connectivity index (χ3v) is 9.19. The number of phenols is 1. The quantitative estimate of drug-likeness (QED) is 0.0762. The monoisotopic (exact) mass is 661 g/mol. The summed E-state index contributed by atoms with van der Waals surface area (Å²) in [5, 5.41) is 30.6. The topological polar surface area (TPSA) is 90.2 Å². The second-order valence-corrected chi connectivity index (χ2v) is 16.7. The Morgan fingerprint density at radius 2 is 0.935 bits per heavy atom. The summed E-state index contributed by atoms with van der Waals surface area (Å²) < 4.78 is 56.9. The lowest BCUT2D eigenvalue weighted by Gasteiger charge is -2.20. The highest BCUT2D eigenvalue weighted by molar-refractivity contribution is 6.89. The molecule has 0 spiro atoms. The predicted octanol–water partition coefficient (Wildman–Crippen LogP) is 8.94. The summed E-state index contributed by atoms with van der Waals surface area (Å²) in [6, 6.07) is 15.6. The lowest BCUT2D eigenvalue weighted by atomic mass is 10.1. The van der Waals surface area contributed by atoms with Gasteiger partial charge in [0.05, 0.1) is 8.07 Å². The molecule has 0 atom stereocenters. The third-order valence-electron chi connectivity index (χ3n) is 7.03. The molecule has 0 amide bonds. The Balaban J connectivity index is 0.000000581. The van der Waals surface area contributed by atoms with Crippen molar-refractivity contribution in [2.75, 3.05) is 0 Å². The Hall–Kier alpha value is -3.64. The molecule has 1 radical (unpaired) electrons. The molecule has 4 rings (SSSR count). The fourth-order valence-corrected chi connectivity index (χ4v) is 6.04. The number of aryl methyl sites for hydroxylation is 5. The summed E-state index contributed by atoms with van der Waals surface area (Å²) in [5.41, 5.74) is 4.89. The summed E-state index contributed by atoms with van der Waals surface area (Å²) >= 11 is 0. The summed E-state index contributed by atoms with van der Waals surface area (Å²) in [5.74, 6) is -0.379. The van der Waals surface area contributed by atoms with Gasteiger partial charge < -0.3 is 14.8 Å². The minimum Gasteiger partial charge on any atom is -0.537 e. The molecule has 4 aromatic rings. The Morgan fingerprint density at radius 3 is 1.35 bits per heavy atom. The van der Waals surface area contributed by atoms with Gasteiger partial charge in [-0.15, -0.1) is 0 Å². The van der Waals surface area contributed by atoms with Crippen LogP contribution < -0.4 is 9.84 Å². The van der Waals surface area contributed by atoms with Crippen LogP contribution in [0.15, 0.2) is 54.6 Å². The van der Waals surface area contributed by atoms with Crippen molar-refractivity contribution in [2.45, 2.75) is 75.0 Å². The second kappa shape index (κ2) is 19.8. The van der Waals surface area contributed by atoms with Crippen molar-refractivity contribution >= 4 is 20.9 Å². The van der Waals surface area contributed by atoms with Crippen molar-refractivity contribution < 1.29 is 42.9 Å². The van der Waals surface area contributed by atoms with Crippen molar-refractivity contribution in [2.24, 2.45) is 0 Å². The van der Waals surface area contributed by atoms with Crippen molar-refractivity contribution in [1.29, 1.82) is 0 Å². The Morgan fingerprint density at radius 1 is 0.543 bits per heavy atom. The second-order valence-electron chi connectivity index (χ2n) is 11.7. The SMILES string of the molecule is Cc1ccc(O)c(C)c1F.Cc1ccc(O[B]O)c(C)c1F.Cc1ccc([Si](C)(C)C)c(C)c1F.Cc1cccc(C)c1F.OO. The highest BCUT2D eigenvalue weighted by atomic mass is 28.3. The van der Waals surface area contributed by atoms with Gasteiger partial charge in [0.2, 0.25) is 0 Å². The van der Waals surface area contributed by atoms with Gasteiger partial charge in [0.1, 0.15) is 34.8 Å². The first kappa shape index (κ1) is 42.4. The van der Waals surface area contributed by atoms with Crippen LogP contribution in [-0.2, 0) is 0 Å². The van der Waals surface area contributed by atoms with Crippen LogP contribution >= 0.6 is 0 Å². The van der Waals surface area contributed by atoms with Crippen LogP contribution in [0.4, 0.5) is 17.6 Å². The number of rotatable bonds is 3. The molecule has 0 fully saturated rings. The lowest BCUT2D eigenvalue weighted by Crippen LogP contribution is -2.40. The van der Waals surface area contributed by atoms with Gasteiger partial charge in [0, 0.05) is 11.1 Å². The lowest BCUT2D eigenvalue weighted by molar-refractivity contribution is -0.176. The molecule has 0 saturated heterocycles. The standard InChI is InChI=1S/C11H17FSi.C8H9BFO2.C8H9FO.C8H9F.H2O2/c1-8-6-7-10(13(3,4)5)9(2)11(8)12;1-5-3-4-7(12-9-11)6(2)8(5)10;1-5-3-4-7(10)6(2)8(5)9;1-6-4-3-5-7(2)8(6)9;1-2/h6-7H,1-5H3;3-4,11H,1-2H3;3-4,10H,1-2H3;3-5H,1-2H3;1-2H. The van der Waals surface area contributed by atoms with Crippen molar-refractivity contribution in [3.05, 3.63) is 122 Å². The summed E-state index contributed by atoms with van der Waals surface area (Å²) in [6.07, 6.45) is 0. The normalized spacial score (nSPS) is 10.0. The van der Waals surface area contributed by atoms with E-state index in [1.54, 1.807) is 71.9 Å². The van der Waals surface area contributed by atoms with Gasteiger partial charge in [-0.3, -0.25) is 10.5 Å². The largest absolute Gasteiger partial charge is 0.569 e. The Labute approximate surface area is 272 Å². The smallest absolute Gasteiger partial charge is 0.537 e. The van der Waals surface area contributed by atoms with Crippen LogP contribution in [0.1, 0.15) is 44.5 Å². The zero-order valence-corrected chi connectivity index (χ0v) is 29.5. The van der Waals surface area contributed by atoms with Crippen LogP contribution in [0, 0.1) is 78.7 Å². The molecular weight excluding hydrogens is 615 g/mol. The number of aromatic hydroxyl groups is 1. The average Bonchev–Trinajstić information content (AvgIpc) is 3.01. The molecule has 4 aromatic carbocycles. The van der Waals surface area contributed by atoms with Gasteiger partial charge in [0.15, 0.2) is 0 Å². The van der Waals surface area contributed by atoms with E-state index >= 15 is 0 Å². The maximum Gasteiger partial charge on any atom is 0.569 e. The van der Waals surface area contributed by atoms with Crippen LogP contribution in [-0.4, -0.2) is 36.4 Å². The highest BCUT2D eigenvalue weighted by Gasteiger charge is 2.20. The minimum absolute atomic E-state index is 0.0168. The molecule has 0 aliphatic rings.